The van der Waals surface area contributed by atoms with Crippen LogP contribution in [0.15, 0.2) is 41.0 Å². The standard InChI is InChI=1S/C17H16N2O4/c20-11-19-8-6-12-10-13(3-4-14(12)19)15(21)5-7-18-17(22)16-2-1-9-23-16/h1-4,9-11H,5-8H2,(H,18,22). The first-order valence-electron chi connectivity index (χ1n) is 7.39. The minimum Gasteiger partial charge on any atom is -0.459 e. The van der Waals surface area contributed by atoms with E-state index in [0.29, 0.717) is 12.1 Å². The van der Waals surface area contributed by atoms with E-state index in [1.54, 1.807) is 29.2 Å². The van der Waals surface area contributed by atoms with E-state index in [1.807, 2.05) is 6.07 Å². The van der Waals surface area contributed by atoms with Gasteiger partial charge >= 0.3 is 0 Å². The molecule has 2 heterocycles. The molecule has 0 aliphatic carbocycles. The minimum atomic E-state index is -0.335. The summed E-state index contributed by atoms with van der Waals surface area (Å²) in [5.41, 5.74) is 2.47. The van der Waals surface area contributed by atoms with E-state index in [9.17, 15) is 14.4 Å². The van der Waals surface area contributed by atoms with Crippen LogP contribution in [0, 0.1) is 0 Å². The van der Waals surface area contributed by atoms with Crippen molar-refractivity contribution < 1.29 is 18.8 Å². The molecule has 2 amide bonds. The maximum atomic E-state index is 12.2. The average molecular weight is 312 g/mol. The SMILES string of the molecule is O=CN1CCc2cc(C(=O)CCNC(=O)c3ccco3)ccc21. The number of furan rings is 1. The number of ketones is 1. The summed E-state index contributed by atoms with van der Waals surface area (Å²) in [5.74, 6) is -0.153. The number of carbonyl (C=O) groups excluding carboxylic acids is 3. The van der Waals surface area contributed by atoms with Gasteiger partial charge in [-0.2, -0.15) is 0 Å². The molecule has 1 aromatic heterocycles. The van der Waals surface area contributed by atoms with Gasteiger partial charge < -0.3 is 14.6 Å². The largest absolute Gasteiger partial charge is 0.459 e. The Kier molecular flexibility index (Phi) is 4.23. The molecule has 6 nitrogen and oxygen atoms in total. The molecular formula is C17H16N2O4. The lowest BCUT2D eigenvalue weighted by Crippen LogP contribution is -2.25. The second-order valence-electron chi connectivity index (χ2n) is 5.30. The Balaban J connectivity index is 1.57. The molecule has 0 atom stereocenters. The highest BCUT2D eigenvalue weighted by atomic mass is 16.3. The number of carbonyl (C=O) groups is 3. The number of hydrogen-bond acceptors (Lipinski definition) is 4. The van der Waals surface area contributed by atoms with E-state index in [4.69, 9.17) is 4.42 Å². The van der Waals surface area contributed by atoms with Crippen LogP contribution in [0.5, 0.6) is 0 Å². The van der Waals surface area contributed by atoms with Gasteiger partial charge in [0.25, 0.3) is 5.91 Å². The molecule has 1 aromatic carbocycles. The van der Waals surface area contributed by atoms with E-state index in [2.05, 4.69) is 5.32 Å². The number of Topliss-reactive ketones (excluding diaryl/α,β-unsaturated/α-hetero) is 1. The molecule has 1 N–H and O–H groups in total. The molecule has 0 fully saturated rings. The molecule has 6 heteroatoms. The van der Waals surface area contributed by atoms with Crippen LogP contribution in [0.1, 0.15) is 32.9 Å². The Morgan fingerprint density at radius 1 is 1.30 bits per heavy atom. The van der Waals surface area contributed by atoms with Gasteiger partial charge in [-0.1, -0.05) is 0 Å². The molecule has 0 spiro atoms. The number of hydrogen-bond donors (Lipinski definition) is 1. The normalized spacial score (nSPS) is 12.8. The third-order valence-corrected chi connectivity index (χ3v) is 3.84. The summed E-state index contributed by atoms with van der Waals surface area (Å²) in [6, 6.07) is 8.54. The van der Waals surface area contributed by atoms with Gasteiger partial charge in [-0.3, -0.25) is 14.4 Å². The number of nitrogens with one attached hydrogen (secondary N) is 1. The van der Waals surface area contributed by atoms with Gasteiger partial charge in [0, 0.05) is 30.8 Å². The average Bonchev–Trinajstić information content (AvgIpc) is 3.23. The number of benzene rings is 1. The summed E-state index contributed by atoms with van der Waals surface area (Å²) in [6.45, 7) is 0.894. The summed E-state index contributed by atoms with van der Waals surface area (Å²) in [6.07, 6.45) is 3.19. The van der Waals surface area contributed by atoms with Crippen molar-refractivity contribution in [2.45, 2.75) is 12.8 Å². The monoisotopic (exact) mass is 312 g/mol. The van der Waals surface area contributed by atoms with Gasteiger partial charge in [-0.25, -0.2) is 0 Å². The first kappa shape index (κ1) is 15.0. The van der Waals surface area contributed by atoms with Crippen molar-refractivity contribution in [3.8, 4) is 0 Å². The fourth-order valence-electron chi connectivity index (χ4n) is 2.64. The lowest BCUT2D eigenvalue weighted by Gasteiger charge is -2.10. The highest BCUT2D eigenvalue weighted by Crippen LogP contribution is 2.27. The summed E-state index contributed by atoms with van der Waals surface area (Å²) in [5, 5.41) is 2.65. The fourth-order valence-corrected chi connectivity index (χ4v) is 2.64. The van der Waals surface area contributed by atoms with E-state index in [0.717, 1.165) is 24.1 Å². The van der Waals surface area contributed by atoms with Crippen molar-refractivity contribution in [1.29, 1.82) is 0 Å². The highest BCUT2D eigenvalue weighted by molar-refractivity contribution is 5.98. The zero-order valence-corrected chi connectivity index (χ0v) is 12.5. The van der Waals surface area contributed by atoms with E-state index in [1.165, 1.54) is 6.26 Å². The maximum absolute atomic E-state index is 12.2. The van der Waals surface area contributed by atoms with Crippen molar-refractivity contribution in [2.24, 2.45) is 0 Å². The van der Waals surface area contributed by atoms with E-state index < -0.39 is 0 Å². The molecule has 0 bridgehead atoms. The Morgan fingerprint density at radius 2 is 2.17 bits per heavy atom. The zero-order chi connectivity index (χ0) is 16.2. The summed E-state index contributed by atoms with van der Waals surface area (Å²) in [7, 11) is 0. The topological polar surface area (TPSA) is 79.6 Å². The van der Waals surface area contributed by atoms with E-state index >= 15 is 0 Å². The Bertz CT molecular complexity index is 737. The molecule has 1 aliphatic rings. The number of nitrogens with zero attached hydrogens (tertiary/aromatic N) is 1. The Labute approximate surface area is 133 Å². The Hall–Kier alpha value is -2.89. The first-order valence-corrected chi connectivity index (χ1v) is 7.39. The van der Waals surface area contributed by atoms with Crippen LogP contribution in [-0.4, -0.2) is 31.2 Å². The van der Waals surface area contributed by atoms with Crippen molar-refractivity contribution in [3.05, 3.63) is 53.5 Å². The molecule has 0 radical (unpaired) electrons. The van der Waals surface area contributed by atoms with Crippen LogP contribution in [0.4, 0.5) is 5.69 Å². The van der Waals surface area contributed by atoms with Crippen LogP contribution < -0.4 is 10.2 Å². The van der Waals surface area contributed by atoms with E-state index in [-0.39, 0.29) is 30.4 Å². The third kappa shape index (κ3) is 3.15. The molecule has 118 valence electrons. The second kappa shape index (κ2) is 6.48. The quantitative estimate of drug-likeness (QED) is 0.651. The van der Waals surface area contributed by atoms with Gasteiger partial charge in [-0.15, -0.1) is 0 Å². The molecule has 1 aliphatic heterocycles. The zero-order valence-electron chi connectivity index (χ0n) is 12.5. The molecule has 23 heavy (non-hydrogen) atoms. The van der Waals surface area contributed by atoms with Gasteiger partial charge in [-0.05, 0) is 42.3 Å². The fraction of sp³-hybridized carbons (Fsp3) is 0.235. The lowest BCUT2D eigenvalue weighted by molar-refractivity contribution is -0.107. The van der Waals surface area contributed by atoms with Crippen LogP contribution in [-0.2, 0) is 11.2 Å². The molecule has 0 saturated heterocycles. The molecule has 0 saturated carbocycles. The van der Waals surface area contributed by atoms with Gasteiger partial charge in [0.1, 0.15) is 0 Å². The second-order valence-corrected chi connectivity index (χ2v) is 5.30. The molecule has 0 unspecified atom stereocenters. The summed E-state index contributed by atoms with van der Waals surface area (Å²) < 4.78 is 4.98. The van der Waals surface area contributed by atoms with Crippen LogP contribution in [0.3, 0.4) is 0 Å². The number of fused-ring (bicyclic) bond motifs is 1. The van der Waals surface area contributed by atoms with Crippen LogP contribution in [0.2, 0.25) is 0 Å². The van der Waals surface area contributed by atoms with Crippen molar-refractivity contribution in [2.75, 3.05) is 18.0 Å². The van der Waals surface area contributed by atoms with Gasteiger partial charge in [0.15, 0.2) is 11.5 Å². The smallest absolute Gasteiger partial charge is 0.286 e. The molecular weight excluding hydrogens is 296 g/mol. The summed E-state index contributed by atoms with van der Waals surface area (Å²) in [4.78, 5) is 36.4. The van der Waals surface area contributed by atoms with Crippen molar-refractivity contribution in [1.82, 2.24) is 5.32 Å². The molecule has 2 aromatic rings. The predicted molar refractivity (Wildman–Crippen MR) is 83.5 cm³/mol. The van der Waals surface area contributed by atoms with Gasteiger partial charge in [0.05, 0.1) is 6.26 Å². The van der Waals surface area contributed by atoms with Crippen LogP contribution >= 0.6 is 0 Å². The lowest BCUT2D eigenvalue weighted by atomic mass is 10.0. The van der Waals surface area contributed by atoms with Crippen LogP contribution in [0.25, 0.3) is 0 Å². The number of amides is 2. The molecule has 3 rings (SSSR count). The van der Waals surface area contributed by atoms with Crippen molar-refractivity contribution in [3.63, 3.8) is 0 Å². The first-order chi connectivity index (χ1) is 11.2. The summed E-state index contributed by atoms with van der Waals surface area (Å²) >= 11 is 0. The maximum Gasteiger partial charge on any atom is 0.286 e. The van der Waals surface area contributed by atoms with Crippen molar-refractivity contribution >= 4 is 23.8 Å². The number of rotatable bonds is 6. The number of anilines is 1. The Morgan fingerprint density at radius 3 is 2.91 bits per heavy atom. The highest BCUT2D eigenvalue weighted by Gasteiger charge is 2.20. The minimum absolute atomic E-state index is 0.0444. The van der Waals surface area contributed by atoms with Gasteiger partial charge in [0.2, 0.25) is 6.41 Å². The third-order valence-electron chi connectivity index (χ3n) is 3.84. The predicted octanol–water partition coefficient (Wildman–Crippen LogP) is 1.80.